The smallest absolute Gasteiger partial charge is 0.234 e. The molecule has 1 amide bonds. The molecule has 1 saturated carbocycles. The Morgan fingerprint density at radius 3 is 2.60 bits per heavy atom. The van der Waals surface area contributed by atoms with Crippen molar-refractivity contribution in [3.05, 3.63) is 12.2 Å². The summed E-state index contributed by atoms with van der Waals surface area (Å²) in [6.45, 7) is 11.0. The van der Waals surface area contributed by atoms with Crippen LogP contribution < -0.4 is 5.32 Å². The standard InChI is InChI=1S/C12H22N2O/c1-4-14(8-10(2)3)9-12(15)13-7-11-5-6-11/h11H,2,4-9H2,1,3H3,(H,13,15). The van der Waals surface area contributed by atoms with Crippen molar-refractivity contribution in [1.82, 2.24) is 10.2 Å². The molecule has 0 aromatic rings. The largest absolute Gasteiger partial charge is 0.355 e. The zero-order valence-corrected chi connectivity index (χ0v) is 9.88. The number of hydrogen-bond acceptors (Lipinski definition) is 2. The van der Waals surface area contributed by atoms with Crippen LogP contribution in [-0.4, -0.2) is 37.0 Å². The van der Waals surface area contributed by atoms with Gasteiger partial charge in [0.15, 0.2) is 0 Å². The highest BCUT2D eigenvalue weighted by Crippen LogP contribution is 2.27. The summed E-state index contributed by atoms with van der Waals surface area (Å²) in [5, 5.41) is 2.97. The van der Waals surface area contributed by atoms with Crippen LogP contribution in [0.15, 0.2) is 12.2 Å². The number of nitrogens with zero attached hydrogens (tertiary/aromatic N) is 1. The van der Waals surface area contributed by atoms with Gasteiger partial charge in [0.1, 0.15) is 0 Å². The van der Waals surface area contributed by atoms with Crippen LogP contribution in [0.5, 0.6) is 0 Å². The van der Waals surface area contributed by atoms with Gasteiger partial charge < -0.3 is 5.32 Å². The van der Waals surface area contributed by atoms with Gasteiger partial charge in [-0.1, -0.05) is 19.1 Å². The number of rotatable bonds is 7. The first-order valence-electron chi connectivity index (χ1n) is 5.75. The highest BCUT2D eigenvalue weighted by molar-refractivity contribution is 5.78. The average Bonchev–Trinajstić information content (AvgIpc) is 2.96. The average molecular weight is 210 g/mol. The van der Waals surface area contributed by atoms with Gasteiger partial charge in [0.2, 0.25) is 5.91 Å². The first-order valence-corrected chi connectivity index (χ1v) is 5.75. The van der Waals surface area contributed by atoms with Crippen LogP contribution in [0.3, 0.4) is 0 Å². The fourth-order valence-corrected chi connectivity index (χ4v) is 1.50. The van der Waals surface area contributed by atoms with Crippen molar-refractivity contribution in [2.45, 2.75) is 26.7 Å². The van der Waals surface area contributed by atoms with Gasteiger partial charge in [-0.05, 0) is 32.2 Å². The molecule has 0 atom stereocenters. The quantitative estimate of drug-likeness (QED) is 0.644. The summed E-state index contributed by atoms with van der Waals surface area (Å²) in [4.78, 5) is 13.6. The van der Waals surface area contributed by atoms with Gasteiger partial charge in [-0.2, -0.15) is 0 Å². The summed E-state index contributed by atoms with van der Waals surface area (Å²) >= 11 is 0. The van der Waals surface area contributed by atoms with Crippen molar-refractivity contribution < 1.29 is 4.79 Å². The first-order chi connectivity index (χ1) is 7.11. The Balaban J connectivity index is 2.17. The van der Waals surface area contributed by atoms with E-state index >= 15 is 0 Å². The summed E-state index contributed by atoms with van der Waals surface area (Å²) in [6.07, 6.45) is 2.56. The number of hydrogen-bond donors (Lipinski definition) is 1. The molecule has 0 aromatic carbocycles. The molecule has 0 bridgehead atoms. The number of carbonyl (C=O) groups excluding carboxylic acids is 1. The lowest BCUT2D eigenvalue weighted by Crippen LogP contribution is -2.38. The van der Waals surface area contributed by atoms with Gasteiger partial charge in [-0.15, -0.1) is 0 Å². The van der Waals surface area contributed by atoms with E-state index < -0.39 is 0 Å². The van der Waals surface area contributed by atoms with E-state index in [1.54, 1.807) is 0 Å². The SMILES string of the molecule is C=C(C)CN(CC)CC(=O)NCC1CC1. The van der Waals surface area contributed by atoms with E-state index in [0.29, 0.717) is 6.54 Å². The number of amides is 1. The van der Waals surface area contributed by atoms with Crippen LogP contribution in [0.25, 0.3) is 0 Å². The maximum atomic E-state index is 11.5. The van der Waals surface area contributed by atoms with Gasteiger partial charge in [0, 0.05) is 13.1 Å². The molecule has 1 rings (SSSR count). The topological polar surface area (TPSA) is 32.3 Å². The lowest BCUT2D eigenvalue weighted by molar-refractivity contribution is -0.122. The van der Waals surface area contributed by atoms with E-state index in [1.165, 1.54) is 12.8 Å². The second-order valence-corrected chi connectivity index (χ2v) is 4.51. The van der Waals surface area contributed by atoms with E-state index in [9.17, 15) is 4.79 Å². The van der Waals surface area contributed by atoms with Crippen LogP contribution in [0.2, 0.25) is 0 Å². The first kappa shape index (κ1) is 12.2. The minimum absolute atomic E-state index is 0.144. The molecule has 0 unspecified atom stereocenters. The zero-order valence-electron chi connectivity index (χ0n) is 9.88. The van der Waals surface area contributed by atoms with Crippen molar-refractivity contribution in [2.75, 3.05) is 26.2 Å². The molecule has 3 heteroatoms. The number of likely N-dealkylation sites (N-methyl/N-ethyl adjacent to an activating group) is 1. The summed E-state index contributed by atoms with van der Waals surface area (Å²) in [5.74, 6) is 0.898. The number of nitrogens with one attached hydrogen (secondary N) is 1. The normalized spacial score (nSPS) is 15.4. The second-order valence-electron chi connectivity index (χ2n) is 4.51. The molecule has 86 valence electrons. The Labute approximate surface area is 92.5 Å². The van der Waals surface area contributed by atoms with Gasteiger partial charge in [0.25, 0.3) is 0 Å². The van der Waals surface area contributed by atoms with Gasteiger partial charge in [0.05, 0.1) is 6.54 Å². The molecule has 1 aliphatic rings. The fourth-order valence-electron chi connectivity index (χ4n) is 1.50. The van der Waals surface area contributed by atoms with Crippen molar-refractivity contribution >= 4 is 5.91 Å². The van der Waals surface area contributed by atoms with Crippen molar-refractivity contribution in [3.8, 4) is 0 Å². The molecule has 0 aromatic heterocycles. The van der Waals surface area contributed by atoms with Crippen LogP contribution in [-0.2, 0) is 4.79 Å². The molecular formula is C12H22N2O. The highest BCUT2D eigenvalue weighted by atomic mass is 16.2. The molecular weight excluding hydrogens is 188 g/mol. The predicted molar refractivity (Wildman–Crippen MR) is 62.7 cm³/mol. The third kappa shape index (κ3) is 5.57. The molecule has 3 nitrogen and oxygen atoms in total. The van der Waals surface area contributed by atoms with Gasteiger partial charge >= 0.3 is 0 Å². The monoisotopic (exact) mass is 210 g/mol. The summed E-state index contributed by atoms with van der Waals surface area (Å²) in [6, 6.07) is 0. The minimum atomic E-state index is 0.144. The third-order valence-electron chi connectivity index (χ3n) is 2.59. The summed E-state index contributed by atoms with van der Waals surface area (Å²) < 4.78 is 0. The van der Waals surface area contributed by atoms with Crippen molar-refractivity contribution in [3.63, 3.8) is 0 Å². The second kappa shape index (κ2) is 5.91. The van der Waals surface area contributed by atoms with Crippen LogP contribution in [0.4, 0.5) is 0 Å². The van der Waals surface area contributed by atoms with E-state index in [2.05, 4.69) is 23.7 Å². The fraction of sp³-hybridized carbons (Fsp3) is 0.750. The minimum Gasteiger partial charge on any atom is -0.355 e. The Morgan fingerprint density at radius 2 is 2.13 bits per heavy atom. The zero-order chi connectivity index (χ0) is 11.3. The summed E-state index contributed by atoms with van der Waals surface area (Å²) in [5.41, 5.74) is 1.10. The van der Waals surface area contributed by atoms with Gasteiger partial charge in [-0.25, -0.2) is 0 Å². The van der Waals surface area contributed by atoms with Crippen LogP contribution in [0.1, 0.15) is 26.7 Å². The van der Waals surface area contributed by atoms with Crippen molar-refractivity contribution in [1.29, 1.82) is 0 Å². The third-order valence-corrected chi connectivity index (χ3v) is 2.59. The van der Waals surface area contributed by atoms with Crippen molar-refractivity contribution in [2.24, 2.45) is 5.92 Å². The predicted octanol–water partition coefficient (Wildman–Crippen LogP) is 1.41. The van der Waals surface area contributed by atoms with Crippen LogP contribution >= 0.6 is 0 Å². The Kier molecular flexibility index (Phi) is 4.82. The Morgan fingerprint density at radius 1 is 1.47 bits per heavy atom. The maximum absolute atomic E-state index is 11.5. The molecule has 1 fully saturated rings. The van der Waals surface area contributed by atoms with Gasteiger partial charge in [-0.3, -0.25) is 9.69 Å². The van der Waals surface area contributed by atoms with Crippen LogP contribution in [0, 0.1) is 5.92 Å². The Bertz CT molecular complexity index is 234. The lowest BCUT2D eigenvalue weighted by Gasteiger charge is -2.19. The maximum Gasteiger partial charge on any atom is 0.234 e. The molecule has 0 saturated heterocycles. The Hall–Kier alpha value is -0.830. The number of carbonyl (C=O) groups is 1. The molecule has 0 aliphatic heterocycles. The molecule has 15 heavy (non-hydrogen) atoms. The lowest BCUT2D eigenvalue weighted by atomic mass is 10.3. The van der Waals surface area contributed by atoms with E-state index in [0.717, 1.165) is 31.1 Å². The summed E-state index contributed by atoms with van der Waals surface area (Å²) in [7, 11) is 0. The van der Waals surface area contributed by atoms with E-state index in [-0.39, 0.29) is 5.91 Å². The van der Waals surface area contributed by atoms with E-state index in [1.807, 2.05) is 6.92 Å². The molecule has 0 spiro atoms. The molecule has 0 heterocycles. The van der Waals surface area contributed by atoms with E-state index in [4.69, 9.17) is 0 Å². The molecule has 0 radical (unpaired) electrons. The molecule has 1 N–H and O–H groups in total. The molecule has 1 aliphatic carbocycles. The highest BCUT2D eigenvalue weighted by Gasteiger charge is 2.21.